The molecule has 1 aliphatic carbocycles. The number of rotatable bonds is 5. The minimum Gasteiger partial charge on any atom is -0.223 e. The van der Waals surface area contributed by atoms with E-state index in [0.717, 1.165) is 38.5 Å². The molecule has 0 atom stereocenters. The van der Waals surface area contributed by atoms with Gasteiger partial charge in [-0.25, -0.2) is 8.42 Å². The normalized spacial score (nSPS) is 21.2. The Kier molecular flexibility index (Phi) is 5.85. The van der Waals surface area contributed by atoms with Crippen LogP contribution in [0, 0.1) is 5.92 Å². The predicted octanol–water partition coefficient (Wildman–Crippen LogP) is 5.48. The van der Waals surface area contributed by atoms with Gasteiger partial charge in [-0.05, 0) is 79.8 Å². The average Bonchev–Trinajstić information content (AvgIpc) is 2.63. The first-order valence-corrected chi connectivity index (χ1v) is 11.0. The first-order chi connectivity index (χ1) is 12.0. The highest BCUT2D eigenvalue weighted by Crippen LogP contribution is 2.33. The molecule has 0 N–H and O–H groups in total. The molecule has 0 amide bonds. The first kappa shape index (κ1) is 18.5. The van der Waals surface area contributed by atoms with Crippen LogP contribution < -0.4 is 0 Å². The summed E-state index contributed by atoms with van der Waals surface area (Å²) < 4.78 is 25.6. The highest BCUT2D eigenvalue weighted by atomic mass is 35.5. The van der Waals surface area contributed by atoms with Crippen molar-refractivity contribution in [3.05, 3.63) is 64.7 Å². The minimum absolute atomic E-state index is 0.257. The highest BCUT2D eigenvalue weighted by Gasteiger charge is 2.32. The lowest BCUT2D eigenvalue weighted by molar-refractivity contribution is 0.355. The minimum atomic E-state index is -3.24. The van der Waals surface area contributed by atoms with Crippen LogP contribution in [0.1, 0.15) is 43.7 Å². The van der Waals surface area contributed by atoms with Crippen LogP contribution in [0.25, 0.3) is 0 Å². The Morgan fingerprint density at radius 1 is 0.880 bits per heavy atom. The van der Waals surface area contributed by atoms with Crippen molar-refractivity contribution in [1.82, 2.24) is 0 Å². The molecule has 0 radical (unpaired) electrons. The van der Waals surface area contributed by atoms with E-state index in [-0.39, 0.29) is 5.25 Å². The van der Waals surface area contributed by atoms with Crippen LogP contribution in [0.15, 0.2) is 53.4 Å². The molecule has 2 aromatic carbocycles. The lowest BCUT2D eigenvalue weighted by atomic mass is 9.84. The Morgan fingerprint density at radius 3 is 2.00 bits per heavy atom. The van der Waals surface area contributed by atoms with Gasteiger partial charge >= 0.3 is 0 Å². The molecule has 3 rings (SSSR count). The van der Waals surface area contributed by atoms with Crippen LogP contribution in [0.3, 0.4) is 0 Å². The molecule has 4 heteroatoms. The molecule has 25 heavy (non-hydrogen) atoms. The van der Waals surface area contributed by atoms with E-state index < -0.39 is 9.84 Å². The molecule has 0 heterocycles. The van der Waals surface area contributed by atoms with Crippen LogP contribution in [0.5, 0.6) is 0 Å². The van der Waals surface area contributed by atoms with Crippen LogP contribution in [-0.4, -0.2) is 13.7 Å². The van der Waals surface area contributed by atoms with Gasteiger partial charge in [0.05, 0.1) is 10.1 Å². The van der Waals surface area contributed by atoms with Gasteiger partial charge in [-0.3, -0.25) is 0 Å². The van der Waals surface area contributed by atoms with Gasteiger partial charge in [0.15, 0.2) is 9.84 Å². The van der Waals surface area contributed by atoms with Gasteiger partial charge in [-0.15, -0.1) is 0 Å². The summed E-state index contributed by atoms with van der Waals surface area (Å²) in [5.74, 6) is 0.587. The third kappa shape index (κ3) is 4.45. The Balaban J connectivity index is 1.60. The SMILES string of the molecule is CCc1ccc(CC2CCC(S(=O)(=O)c3ccc(Cl)cc3)CC2)cc1. The molecule has 2 nitrogen and oxygen atoms in total. The van der Waals surface area contributed by atoms with E-state index in [9.17, 15) is 8.42 Å². The van der Waals surface area contributed by atoms with Crippen molar-refractivity contribution >= 4 is 21.4 Å². The zero-order valence-electron chi connectivity index (χ0n) is 14.6. The lowest BCUT2D eigenvalue weighted by Gasteiger charge is -2.28. The summed E-state index contributed by atoms with van der Waals surface area (Å²) in [5.41, 5.74) is 2.72. The fourth-order valence-electron chi connectivity index (χ4n) is 3.71. The average molecular weight is 377 g/mol. The smallest absolute Gasteiger partial charge is 0.181 e. The van der Waals surface area contributed by atoms with E-state index >= 15 is 0 Å². The second kappa shape index (κ2) is 7.92. The zero-order chi connectivity index (χ0) is 17.9. The monoisotopic (exact) mass is 376 g/mol. The highest BCUT2D eigenvalue weighted by molar-refractivity contribution is 7.92. The molecule has 0 aromatic heterocycles. The fourth-order valence-corrected chi connectivity index (χ4v) is 5.63. The Bertz CT molecular complexity index is 787. The van der Waals surface area contributed by atoms with Crippen LogP contribution in [0.4, 0.5) is 0 Å². The Hall–Kier alpha value is -1.32. The fraction of sp³-hybridized carbons (Fsp3) is 0.429. The third-order valence-corrected chi connectivity index (χ3v) is 7.86. The summed E-state index contributed by atoms with van der Waals surface area (Å²) in [6, 6.07) is 15.4. The maximum absolute atomic E-state index is 12.8. The van der Waals surface area contributed by atoms with Gasteiger partial charge in [0.25, 0.3) is 0 Å². The Morgan fingerprint density at radius 2 is 1.44 bits per heavy atom. The maximum Gasteiger partial charge on any atom is 0.181 e. The topological polar surface area (TPSA) is 34.1 Å². The molecule has 0 aliphatic heterocycles. The van der Waals surface area contributed by atoms with E-state index in [1.165, 1.54) is 11.1 Å². The van der Waals surface area contributed by atoms with Gasteiger partial charge < -0.3 is 0 Å². The van der Waals surface area contributed by atoms with Gasteiger partial charge in [0.2, 0.25) is 0 Å². The van der Waals surface area contributed by atoms with Crippen LogP contribution in [-0.2, 0) is 22.7 Å². The first-order valence-electron chi connectivity index (χ1n) is 9.06. The molecule has 134 valence electrons. The number of hydrogen-bond donors (Lipinski definition) is 0. The Labute approximate surface area is 156 Å². The van der Waals surface area contributed by atoms with E-state index in [1.807, 2.05) is 0 Å². The second-order valence-electron chi connectivity index (χ2n) is 7.02. The molecule has 0 saturated heterocycles. The zero-order valence-corrected chi connectivity index (χ0v) is 16.2. The summed E-state index contributed by atoms with van der Waals surface area (Å²) >= 11 is 5.87. The van der Waals surface area contributed by atoms with Crippen molar-refractivity contribution in [2.45, 2.75) is 55.6 Å². The molecule has 1 fully saturated rings. The van der Waals surface area contributed by atoms with Crippen molar-refractivity contribution < 1.29 is 8.42 Å². The third-order valence-electron chi connectivity index (χ3n) is 5.33. The summed E-state index contributed by atoms with van der Waals surface area (Å²) in [5, 5.41) is 0.309. The molecule has 1 aliphatic rings. The summed E-state index contributed by atoms with van der Waals surface area (Å²) in [6.07, 6.45) is 5.58. The molecule has 2 aromatic rings. The van der Waals surface area contributed by atoms with Crippen molar-refractivity contribution in [2.75, 3.05) is 0 Å². The summed E-state index contributed by atoms with van der Waals surface area (Å²) in [6.45, 7) is 2.16. The number of sulfone groups is 1. The molecule has 0 unspecified atom stereocenters. The van der Waals surface area contributed by atoms with Gasteiger partial charge in [-0.2, -0.15) is 0 Å². The van der Waals surface area contributed by atoms with Gasteiger partial charge in [0.1, 0.15) is 0 Å². The molecule has 1 saturated carbocycles. The standard InChI is InChI=1S/C21H25ClO2S/c1-2-16-3-5-17(6-4-16)15-18-7-11-20(12-8-18)25(23,24)21-13-9-19(22)10-14-21/h3-6,9-10,13-14,18,20H,2,7-8,11-12,15H2,1H3. The second-order valence-corrected chi connectivity index (χ2v) is 9.68. The number of benzene rings is 2. The van der Waals surface area contributed by atoms with Crippen molar-refractivity contribution in [3.8, 4) is 0 Å². The van der Waals surface area contributed by atoms with Gasteiger partial charge in [0, 0.05) is 5.02 Å². The number of halogens is 1. The molecular formula is C21H25ClO2S. The van der Waals surface area contributed by atoms with Crippen LogP contribution in [0.2, 0.25) is 5.02 Å². The number of aryl methyl sites for hydroxylation is 1. The van der Waals surface area contributed by atoms with Gasteiger partial charge in [-0.1, -0.05) is 42.8 Å². The van der Waals surface area contributed by atoms with Crippen molar-refractivity contribution in [3.63, 3.8) is 0 Å². The van der Waals surface area contributed by atoms with Crippen molar-refractivity contribution in [2.24, 2.45) is 5.92 Å². The summed E-state index contributed by atoms with van der Waals surface area (Å²) in [4.78, 5) is 0.399. The number of hydrogen-bond acceptors (Lipinski definition) is 2. The molecule has 0 bridgehead atoms. The summed E-state index contributed by atoms with van der Waals surface area (Å²) in [7, 11) is -3.24. The van der Waals surface area contributed by atoms with E-state index in [0.29, 0.717) is 15.8 Å². The lowest BCUT2D eigenvalue weighted by Crippen LogP contribution is -2.28. The van der Waals surface area contributed by atoms with Crippen molar-refractivity contribution in [1.29, 1.82) is 0 Å². The quantitative estimate of drug-likeness (QED) is 0.692. The van der Waals surface area contributed by atoms with E-state index in [1.54, 1.807) is 24.3 Å². The predicted molar refractivity (Wildman–Crippen MR) is 104 cm³/mol. The van der Waals surface area contributed by atoms with E-state index in [2.05, 4.69) is 31.2 Å². The van der Waals surface area contributed by atoms with E-state index in [4.69, 9.17) is 11.6 Å². The maximum atomic E-state index is 12.8. The molecular weight excluding hydrogens is 352 g/mol. The van der Waals surface area contributed by atoms with Crippen LogP contribution >= 0.6 is 11.6 Å². The largest absolute Gasteiger partial charge is 0.223 e. The molecule has 0 spiro atoms.